The summed E-state index contributed by atoms with van der Waals surface area (Å²) in [5.41, 5.74) is 0. The van der Waals surface area contributed by atoms with Crippen molar-refractivity contribution in [2.24, 2.45) is 0 Å². The van der Waals surface area contributed by atoms with E-state index in [4.69, 9.17) is 0 Å². The fraction of sp³-hybridized carbons (Fsp3) is 0.750. The van der Waals surface area contributed by atoms with Gasteiger partial charge in [-0.15, -0.1) is 0 Å². The second-order valence-electron chi connectivity index (χ2n) is 9.65. The van der Waals surface area contributed by atoms with Crippen molar-refractivity contribution in [1.29, 1.82) is 0 Å². The summed E-state index contributed by atoms with van der Waals surface area (Å²) in [4.78, 5) is 0. The lowest BCUT2D eigenvalue weighted by atomic mass is 10.0. The molecule has 0 fully saturated rings. The number of hydrogen-bond acceptors (Lipinski definition) is 0. The molecule has 0 aromatic heterocycles. The van der Waals surface area contributed by atoms with Crippen LogP contribution in [0.5, 0.6) is 0 Å². The fourth-order valence-corrected chi connectivity index (χ4v) is 4.32. The van der Waals surface area contributed by atoms with Crippen LogP contribution in [0.3, 0.4) is 0 Å². The molecule has 0 atom stereocenters. The van der Waals surface area contributed by atoms with Crippen LogP contribution in [0.15, 0.2) is 49.1 Å². The molecule has 0 aliphatic rings. The predicted octanol–water partition coefficient (Wildman–Crippen LogP) is 11.8. The van der Waals surface area contributed by atoms with Crippen LogP contribution in [0.2, 0.25) is 0 Å². The number of allylic oxidation sites excluding steroid dienone is 7. The van der Waals surface area contributed by atoms with Crippen molar-refractivity contribution in [1.82, 2.24) is 0 Å². The maximum Gasteiger partial charge on any atom is -0.0348 e. The van der Waals surface area contributed by atoms with Crippen LogP contribution < -0.4 is 0 Å². The van der Waals surface area contributed by atoms with Gasteiger partial charge >= 0.3 is 0 Å². The molecule has 0 aliphatic carbocycles. The molecule has 0 saturated carbocycles. The van der Waals surface area contributed by atoms with Crippen LogP contribution >= 0.6 is 0 Å². The van der Waals surface area contributed by atoms with Gasteiger partial charge in [-0.05, 0) is 12.8 Å². The first-order chi connectivity index (χ1) is 15.9. The van der Waals surface area contributed by atoms with E-state index in [1.54, 1.807) is 6.08 Å². The largest absolute Gasteiger partial charge is 0.0991 e. The van der Waals surface area contributed by atoms with Crippen molar-refractivity contribution in [3.8, 4) is 0 Å². The Bertz CT molecular complexity index is 425. The summed E-state index contributed by atoms with van der Waals surface area (Å²) in [7, 11) is 0. The molecule has 0 amide bonds. The van der Waals surface area contributed by atoms with E-state index in [0.717, 1.165) is 0 Å². The van der Waals surface area contributed by atoms with Crippen molar-refractivity contribution in [2.75, 3.05) is 0 Å². The summed E-state index contributed by atoms with van der Waals surface area (Å²) in [6.07, 6.45) is 47.5. The van der Waals surface area contributed by atoms with Gasteiger partial charge in [0, 0.05) is 0 Å². The Kier molecular flexibility index (Phi) is 29.0. The van der Waals surface area contributed by atoms with Gasteiger partial charge in [-0.25, -0.2) is 0 Å². The monoisotopic (exact) mass is 442 g/mol. The molecule has 32 heavy (non-hydrogen) atoms. The van der Waals surface area contributed by atoms with Gasteiger partial charge in [-0.1, -0.05) is 191 Å². The van der Waals surface area contributed by atoms with Crippen molar-refractivity contribution in [3.63, 3.8) is 0 Å². The minimum absolute atomic E-state index is 1.22. The Labute approximate surface area is 203 Å². The van der Waals surface area contributed by atoms with E-state index in [1.807, 2.05) is 12.2 Å². The third-order valence-electron chi connectivity index (χ3n) is 6.44. The summed E-state index contributed by atoms with van der Waals surface area (Å²) in [6, 6.07) is 0. The van der Waals surface area contributed by atoms with E-state index in [1.165, 1.54) is 148 Å². The Balaban J connectivity index is 3.09. The van der Waals surface area contributed by atoms with Crippen molar-refractivity contribution in [3.05, 3.63) is 49.1 Å². The first kappa shape index (κ1) is 31.0. The lowest BCUT2D eigenvalue weighted by Crippen LogP contribution is -1.84. The third-order valence-corrected chi connectivity index (χ3v) is 6.44. The Morgan fingerprint density at radius 2 is 0.688 bits per heavy atom. The molecule has 0 N–H and O–H groups in total. The highest BCUT2D eigenvalue weighted by Crippen LogP contribution is 2.15. The quantitative estimate of drug-likeness (QED) is 0.0922. The van der Waals surface area contributed by atoms with Gasteiger partial charge in [0.05, 0.1) is 0 Å². The average molecular weight is 443 g/mol. The molecule has 0 rings (SSSR count). The molecule has 0 radical (unpaired) electrons. The zero-order valence-corrected chi connectivity index (χ0v) is 22.0. The SMILES string of the molecule is C=C/C=C/C=C/C=C/CCCCCCCCCCCCCCCCCCCCCCCC. The van der Waals surface area contributed by atoms with Crippen LogP contribution in [0.25, 0.3) is 0 Å². The molecular weight excluding hydrogens is 384 g/mol. The first-order valence-electron chi connectivity index (χ1n) is 14.5. The molecule has 0 aliphatic heterocycles. The standard InChI is InChI=1S/C32H58/c1-3-5-7-9-11-13-15-17-19-21-23-25-27-29-31-32-30-28-26-24-22-20-18-16-14-12-10-8-6-4-2/h3,5,7,9,11,13,15H,1,4,6,8,10,12,14,16-32H2,2H3/b7-5+,11-9+,15-13+. The highest BCUT2D eigenvalue weighted by Gasteiger charge is 1.95. The Hall–Kier alpha value is -1.04. The summed E-state index contributed by atoms with van der Waals surface area (Å²) in [6.45, 7) is 5.96. The van der Waals surface area contributed by atoms with Gasteiger partial charge in [0.2, 0.25) is 0 Å². The molecule has 0 nitrogen and oxygen atoms in total. The maximum absolute atomic E-state index is 3.66. The van der Waals surface area contributed by atoms with Gasteiger partial charge in [0.25, 0.3) is 0 Å². The van der Waals surface area contributed by atoms with E-state index in [9.17, 15) is 0 Å². The molecule has 0 unspecified atom stereocenters. The molecule has 0 aromatic carbocycles. The summed E-state index contributed by atoms with van der Waals surface area (Å²) >= 11 is 0. The molecule has 0 heteroatoms. The van der Waals surface area contributed by atoms with Crippen LogP contribution in [0.4, 0.5) is 0 Å². The zero-order chi connectivity index (χ0) is 23.2. The summed E-state index contributed by atoms with van der Waals surface area (Å²) in [5, 5.41) is 0. The van der Waals surface area contributed by atoms with Gasteiger partial charge in [-0.2, -0.15) is 0 Å². The van der Waals surface area contributed by atoms with E-state index < -0.39 is 0 Å². The number of rotatable bonds is 26. The second-order valence-corrected chi connectivity index (χ2v) is 9.65. The van der Waals surface area contributed by atoms with Gasteiger partial charge in [-0.3, -0.25) is 0 Å². The highest BCUT2D eigenvalue weighted by molar-refractivity contribution is 5.14. The first-order valence-corrected chi connectivity index (χ1v) is 14.5. The summed E-state index contributed by atoms with van der Waals surface area (Å²) < 4.78 is 0. The topological polar surface area (TPSA) is 0 Å². The van der Waals surface area contributed by atoms with Crippen molar-refractivity contribution < 1.29 is 0 Å². The third kappa shape index (κ3) is 29.0. The molecule has 0 aromatic rings. The second kappa shape index (κ2) is 30.0. The highest BCUT2D eigenvalue weighted by atomic mass is 14.0. The molecule has 0 saturated heterocycles. The normalized spacial score (nSPS) is 12.0. The van der Waals surface area contributed by atoms with E-state index in [0.29, 0.717) is 0 Å². The van der Waals surface area contributed by atoms with E-state index >= 15 is 0 Å². The minimum Gasteiger partial charge on any atom is -0.0991 e. The molecule has 0 spiro atoms. The van der Waals surface area contributed by atoms with E-state index in [-0.39, 0.29) is 0 Å². The van der Waals surface area contributed by atoms with Crippen LogP contribution in [0.1, 0.15) is 155 Å². The lowest BCUT2D eigenvalue weighted by Gasteiger charge is -2.04. The molecule has 0 bridgehead atoms. The maximum atomic E-state index is 3.66. The lowest BCUT2D eigenvalue weighted by molar-refractivity contribution is 0.519. The van der Waals surface area contributed by atoms with Crippen LogP contribution in [-0.2, 0) is 0 Å². The summed E-state index contributed by atoms with van der Waals surface area (Å²) in [5.74, 6) is 0. The number of unbranched alkanes of at least 4 members (excludes halogenated alkanes) is 22. The minimum atomic E-state index is 1.22. The van der Waals surface area contributed by atoms with Gasteiger partial charge in [0.15, 0.2) is 0 Å². The van der Waals surface area contributed by atoms with Crippen molar-refractivity contribution >= 4 is 0 Å². The van der Waals surface area contributed by atoms with E-state index in [2.05, 4.69) is 37.8 Å². The Morgan fingerprint density at radius 1 is 0.375 bits per heavy atom. The average Bonchev–Trinajstić information content (AvgIpc) is 2.81. The van der Waals surface area contributed by atoms with Gasteiger partial charge in [0.1, 0.15) is 0 Å². The van der Waals surface area contributed by atoms with Crippen LogP contribution in [-0.4, -0.2) is 0 Å². The smallest absolute Gasteiger partial charge is 0.0348 e. The Morgan fingerprint density at radius 3 is 1.06 bits per heavy atom. The molecule has 186 valence electrons. The zero-order valence-electron chi connectivity index (χ0n) is 22.0. The van der Waals surface area contributed by atoms with Crippen LogP contribution in [0, 0.1) is 0 Å². The molecule has 0 heterocycles. The number of hydrogen-bond donors (Lipinski definition) is 0. The fourth-order valence-electron chi connectivity index (χ4n) is 4.32. The molecular formula is C32H58. The van der Waals surface area contributed by atoms with Crippen molar-refractivity contribution in [2.45, 2.75) is 155 Å². The predicted molar refractivity (Wildman–Crippen MR) is 149 cm³/mol. The van der Waals surface area contributed by atoms with Gasteiger partial charge < -0.3 is 0 Å².